The third-order valence-corrected chi connectivity index (χ3v) is 2.43. The van der Waals surface area contributed by atoms with Crippen molar-refractivity contribution < 1.29 is 9.84 Å². The van der Waals surface area contributed by atoms with E-state index in [1.54, 1.807) is 13.8 Å². The van der Waals surface area contributed by atoms with Crippen molar-refractivity contribution in [3.05, 3.63) is 0 Å². The summed E-state index contributed by atoms with van der Waals surface area (Å²) < 4.78 is 5.55. The maximum absolute atomic E-state index is 9.71. The third kappa shape index (κ3) is 5.58. The monoisotopic (exact) mass is 203 g/mol. The van der Waals surface area contributed by atoms with Gasteiger partial charge in [0.25, 0.3) is 0 Å². The molecule has 0 saturated carbocycles. The van der Waals surface area contributed by atoms with Crippen molar-refractivity contribution >= 4 is 0 Å². The van der Waals surface area contributed by atoms with Crippen molar-refractivity contribution in [1.29, 1.82) is 0 Å². The quantitative estimate of drug-likeness (QED) is 0.688. The highest BCUT2D eigenvalue weighted by Gasteiger charge is 2.25. The van der Waals surface area contributed by atoms with Crippen LogP contribution in [-0.4, -0.2) is 35.5 Å². The van der Waals surface area contributed by atoms with Gasteiger partial charge in [0, 0.05) is 19.2 Å². The normalized spacial score (nSPS) is 15.6. The minimum absolute atomic E-state index is 0.0576. The summed E-state index contributed by atoms with van der Waals surface area (Å²) in [6.45, 7) is 13.1. The Labute approximate surface area is 87.8 Å². The second-order valence-electron chi connectivity index (χ2n) is 4.95. The Hall–Kier alpha value is -0.120. The average molecular weight is 203 g/mol. The lowest BCUT2D eigenvalue weighted by molar-refractivity contribution is -0.0205. The zero-order valence-corrected chi connectivity index (χ0v) is 10.3. The second kappa shape index (κ2) is 5.10. The molecule has 0 aromatic carbocycles. The van der Waals surface area contributed by atoms with E-state index in [9.17, 15) is 5.11 Å². The first-order chi connectivity index (χ1) is 6.19. The molecule has 1 atom stereocenters. The van der Waals surface area contributed by atoms with E-state index in [1.807, 2.05) is 27.7 Å². The SMILES string of the molecule is CCOC(C)(C)CNC(C)C(C)(C)O. The van der Waals surface area contributed by atoms with Crippen molar-refractivity contribution in [2.75, 3.05) is 13.2 Å². The van der Waals surface area contributed by atoms with Gasteiger partial charge in [0.2, 0.25) is 0 Å². The molecule has 3 nitrogen and oxygen atoms in total. The van der Waals surface area contributed by atoms with Crippen LogP contribution >= 0.6 is 0 Å². The van der Waals surface area contributed by atoms with Gasteiger partial charge in [-0.3, -0.25) is 0 Å². The first kappa shape index (κ1) is 13.9. The van der Waals surface area contributed by atoms with Gasteiger partial charge in [0.05, 0.1) is 11.2 Å². The highest BCUT2D eigenvalue weighted by molar-refractivity contribution is 4.82. The molecule has 14 heavy (non-hydrogen) atoms. The molecule has 0 aromatic heterocycles. The van der Waals surface area contributed by atoms with Crippen LogP contribution < -0.4 is 5.32 Å². The van der Waals surface area contributed by atoms with Crippen molar-refractivity contribution in [2.45, 2.75) is 58.8 Å². The van der Waals surface area contributed by atoms with Crippen molar-refractivity contribution in [3.63, 3.8) is 0 Å². The number of ether oxygens (including phenoxy) is 1. The average Bonchev–Trinajstić information content (AvgIpc) is 1.98. The number of hydrogen-bond acceptors (Lipinski definition) is 3. The third-order valence-electron chi connectivity index (χ3n) is 2.43. The lowest BCUT2D eigenvalue weighted by Crippen LogP contribution is -2.49. The highest BCUT2D eigenvalue weighted by Crippen LogP contribution is 2.11. The summed E-state index contributed by atoms with van der Waals surface area (Å²) >= 11 is 0. The predicted octanol–water partition coefficient (Wildman–Crippen LogP) is 1.55. The molecule has 86 valence electrons. The van der Waals surface area contributed by atoms with E-state index in [2.05, 4.69) is 5.32 Å². The van der Waals surface area contributed by atoms with Gasteiger partial charge in [-0.2, -0.15) is 0 Å². The molecule has 0 spiro atoms. The van der Waals surface area contributed by atoms with Crippen molar-refractivity contribution in [3.8, 4) is 0 Å². The van der Waals surface area contributed by atoms with Crippen LogP contribution in [0.15, 0.2) is 0 Å². The van der Waals surface area contributed by atoms with E-state index in [-0.39, 0.29) is 11.6 Å². The molecule has 0 saturated heterocycles. The molecule has 1 unspecified atom stereocenters. The minimum Gasteiger partial charge on any atom is -0.389 e. The molecule has 0 aromatic rings. The Morgan fingerprint density at radius 3 is 2.14 bits per heavy atom. The highest BCUT2D eigenvalue weighted by atomic mass is 16.5. The molecule has 0 radical (unpaired) electrons. The molecule has 3 heteroatoms. The molecular formula is C11H25NO2. The molecule has 2 N–H and O–H groups in total. The van der Waals surface area contributed by atoms with Crippen molar-refractivity contribution in [2.24, 2.45) is 0 Å². The van der Waals surface area contributed by atoms with E-state index in [1.165, 1.54) is 0 Å². The van der Waals surface area contributed by atoms with E-state index in [0.717, 1.165) is 6.54 Å². The second-order valence-corrected chi connectivity index (χ2v) is 4.95. The Morgan fingerprint density at radius 1 is 1.29 bits per heavy atom. The molecule has 0 aliphatic heterocycles. The Kier molecular flexibility index (Phi) is 5.06. The standard InChI is InChI=1S/C11H25NO2/c1-7-14-10(3,4)8-12-9(2)11(5,6)13/h9,12-13H,7-8H2,1-6H3. The lowest BCUT2D eigenvalue weighted by Gasteiger charge is -2.32. The number of rotatable bonds is 6. The molecule has 0 bridgehead atoms. The van der Waals surface area contributed by atoms with E-state index in [4.69, 9.17) is 4.74 Å². The fraction of sp³-hybridized carbons (Fsp3) is 1.00. The van der Waals surface area contributed by atoms with Gasteiger partial charge in [-0.1, -0.05) is 0 Å². The van der Waals surface area contributed by atoms with Gasteiger partial charge in [-0.15, -0.1) is 0 Å². The van der Waals surface area contributed by atoms with Gasteiger partial charge < -0.3 is 15.2 Å². The Bertz CT molecular complexity index is 161. The summed E-state index contributed by atoms with van der Waals surface area (Å²) in [4.78, 5) is 0. The van der Waals surface area contributed by atoms with Crippen LogP contribution in [-0.2, 0) is 4.74 Å². The molecule has 0 rings (SSSR count). The summed E-state index contributed by atoms with van der Waals surface area (Å²) in [6, 6.07) is 0.0576. The first-order valence-electron chi connectivity index (χ1n) is 5.29. The van der Waals surface area contributed by atoms with E-state index in [0.29, 0.717) is 6.61 Å². The molecule has 0 aliphatic rings. The van der Waals surface area contributed by atoms with Crippen LogP contribution in [0, 0.1) is 0 Å². The topological polar surface area (TPSA) is 41.5 Å². The number of nitrogens with one attached hydrogen (secondary N) is 1. The fourth-order valence-electron chi connectivity index (χ4n) is 1.09. The molecule has 0 heterocycles. The molecule has 0 fully saturated rings. The largest absolute Gasteiger partial charge is 0.389 e. The lowest BCUT2D eigenvalue weighted by atomic mass is 10.00. The summed E-state index contributed by atoms with van der Waals surface area (Å²) in [5, 5.41) is 13.0. The summed E-state index contributed by atoms with van der Waals surface area (Å²) in [7, 11) is 0. The van der Waals surface area contributed by atoms with Gasteiger partial charge >= 0.3 is 0 Å². The minimum atomic E-state index is -0.692. The van der Waals surface area contributed by atoms with Crippen LogP contribution in [0.25, 0.3) is 0 Å². The van der Waals surface area contributed by atoms with Gasteiger partial charge in [-0.05, 0) is 41.5 Å². The van der Waals surface area contributed by atoms with Crippen LogP contribution in [0.4, 0.5) is 0 Å². The molecule has 0 aliphatic carbocycles. The van der Waals surface area contributed by atoms with Gasteiger partial charge in [0.1, 0.15) is 0 Å². The Morgan fingerprint density at radius 2 is 1.79 bits per heavy atom. The maximum atomic E-state index is 9.71. The summed E-state index contributed by atoms with van der Waals surface area (Å²) in [5.74, 6) is 0. The molecule has 0 amide bonds. The van der Waals surface area contributed by atoms with E-state index < -0.39 is 5.60 Å². The zero-order chi connectivity index (χ0) is 11.4. The fourth-order valence-corrected chi connectivity index (χ4v) is 1.09. The number of aliphatic hydroxyl groups is 1. The smallest absolute Gasteiger partial charge is 0.0750 e. The molecular weight excluding hydrogens is 178 g/mol. The Balaban J connectivity index is 3.93. The number of hydrogen-bond donors (Lipinski definition) is 2. The first-order valence-corrected chi connectivity index (χ1v) is 5.29. The van der Waals surface area contributed by atoms with Crippen molar-refractivity contribution in [1.82, 2.24) is 5.32 Å². The van der Waals surface area contributed by atoms with Gasteiger partial charge in [0.15, 0.2) is 0 Å². The van der Waals surface area contributed by atoms with Crippen LogP contribution in [0.5, 0.6) is 0 Å². The summed E-state index contributed by atoms with van der Waals surface area (Å²) in [5.41, 5.74) is -0.865. The summed E-state index contributed by atoms with van der Waals surface area (Å²) in [6.07, 6.45) is 0. The van der Waals surface area contributed by atoms with Crippen LogP contribution in [0.3, 0.4) is 0 Å². The van der Waals surface area contributed by atoms with Crippen LogP contribution in [0.1, 0.15) is 41.5 Å². The zero-order valence-electron chi connectivity index (χ0n) is 10.3. The van der Waals surface area contributed by atoms with Crippen LogP contribution in [0.2, 0.25) is 0 Å². The van der Waals surface area contributed by atoms with Gasteiger partial charge in [-0.25, -0.2) is 0 Å². The van der Waals surface area contributed by atoms with E-state index >= 15 is 0 Å². The predicted molar refractivity (Wildman–Crippen MR) is 59.5 cm³/mol. The maximum Gasteiger partial charge on any atom is 0.0750 e.